The molecule has 0 saturated heterocycles. The number of aliphatic hydroxyl groups excluding tert-OH is 1. The van der Waals surface area contributed by atoms with E-state index in [2.05, 4.69) is 5.32 Å². The second kappa shape index (κ2) is 5.48. The van der Waals surface area contributed by atoms with Crippen LogP contribution in [0.3, 0.4) is 0 Å². The SMILES string of the molecule is COc1ccc(NC(=O)C(N)CO)cc1C. The fourth-order valence-corrected chi connectivity index (χ4v) is 1.27. The van der Waals surface area contributed by atoms with Crippen LogP contribution in [0.2, 0.25) is 0 Å². The Balaban J connectivity index is 2.75. The van der Waals surface area contributed by atoms with Crippen molar-refractivity contribution < 1.29 is 14.6 Å². The smallest absolute Gasteiger partial charge is 0.243 e. The summed E-state index contributed by atoms with van der Waals surface area (Å²) in [6, 6.07) is 4.35. The number of nitrogens with one attached hydrogen (secondary N) is 1. The highest BCUT2D eigenvalue weighted by atomic mass is 16.5. The first kappa shape index (κ1) is 12.5. The summed E-state index contributed by atoms with van der Waals surface area (Å²) in [5.74, 6) is 0.344. The van der Waals surface area contributed by atoms with Crippen LogP contribution in [0, 0.1) is 6.92 Å². The molecule has 5 heteroatoms. The van der Waals surface area contributed by atoms with E-state index in [4.69, 9.17) is 15.6 Å². The number of benzene rings is 1. The molecule has 88 valence electrons. The van der Waals surface area contributed by atoms with Crippen molar-refractivity contribution in [1.29, 1.82) is 0 Å². The third-order valence-corrected chi connectivity index (χ3v) is 2.20. The first-order valence-corrected chi connectivity index (χ1v) is 4.90. The summed E-state index contributed by atoms with van der Waals surface area (Å²) < 4.78 is 5.10. The molecule has 1 atom stereocenters. The van der Waals surface area contributed by atoms with E-state index in [-0.39, 0.29) is 6.61 Å². The van der Waals surface area contributed by atoms with Crippen molar-refractivity contribution in [3.05, 3.63) is 23.8 Å². The molecule has 0 aliphatic carbocycles. The van der Waals surface area contributed by atoms with Crippen molar-refractivity contribution in [3.8, 4) is 5.75 Å². The number of carbonyl (C=O) groups is 1. The van der Waals surface area contributed by atoms with Gasteiger partial charge in [-0.3, -0.25) is 4.79 Å². The zero-order chi connectivity index (χ0) is 12.1. The van der Waals surface area contributed by atoms with Gasteiger partial charge in [-0.25, -0.2) is 0 Å². The molecule has 4 N–H and O–H groups in total. The van der Waals surface area contributed by atoms with Crippen LogP contribution < -0.4 is 15.8 Å². The van der Waals surface area contributed by atoms with E-state index < -0.39 is 11.9 Å². The molecule has 0 heterocycles. The van der Waals surface area contributed by atoms with Crippen LogP contribution in [-0.2, 0) is 4.79 Å². The lowest BCUT2D eigenvalue weighted by Crippen LogP contribution is -2.38. The molecule has 16 heavy (non-hydrogen) atoms. The van der Waals surface area contributed by atoms with E-state index in [1.807, 2.05) is 6.92 Å². The Kier molecular flexibility index (Phi) is 4.28. The standard InChI is InChI=1S/C11H16N2O3/c1-7-5-8(3-4-10(7)16-2)13-11(15)9(12)6-14/h3-5,9,14H,6,12H2,1-2H3,(H,13,15). The number of hydrogen-bond donors (Lipinski definition) is 3. The summed E-state index contributed by atoms with van der Waals surface area (Å²) in [6.45, 7) is 1.50. The Bertz CT molecular complexity index is 379. The number of carbonyl (C=O) groups excluding carboxylic acids is 1. The second-order valence-electron chi connectivity index (χ2n) is 3.46. The number of rotatable bonds is 4. The fraction of sp³-hybridized carbons (Fsp3) is 0.364. The molecule has 1 unspecified atom stereocenters. The van der Waals surface area contributed by atoms with E-state index in [0.29, 0.717) is 5.69 Å². The molecule has 0 aromatic heterocycles. The molecule has 0 bridgehead atoms. The maximum absolute atomic E-state index is 11.4. The van der Waals surface area contributed by atoms with Gasteiger partial charge >= 0.3 is 0 Å². The number of methoxy groups -OCH3 is 1. The summed E-state index contributed by atoms with van der Waals surface area (Å²) in [4.78, 5) is 11.4. The van der Waals surface area contributed by atoms with Gasteiger partial charge in [-0.2, -0.15) is 0 Å². The lowest BCUT2D eigenvalue weighted by atomic mass is 10.2. The molecule has 1 aromatic rings. The third-order valence-electron chi connectivity index (χ3n) is 2.20. The molecule has 0 spiro atoms. The molecular formula is C11H16N2O3. The molecule has 1 aromatic carbocycles. The highest BCUT2D eigenvalue weighted by molar-refractivity contribution is 5.94. The largest absolute Gasteiger partial charge is 0.496 e. The fourth-order valence-electron chi connectivity index (χ4n) is 1.27. The Hall–Kier alpha value is -1.59. The minimum atomic E-state index is -0.901. The predicted octanol–water partition coefficient (Wildman–Crippen LogP) is 0.262. The highest BCUT2D eigenvalue weighted by Crippen LogP contribution is 2.21. The number of aliphatic hydroxyl groups is 1. The van der Waals surface area contributed by atoms with E-state index in [1.54, 1.807) is 25.3 Å². The van der Waals surface area contributed by atoms with Gasteiger partial charge < -0.3 is 20.9 Å². The number of anilines is 1. The van der Waals surface area contributed by atoms with Crippen molar-refractivity contribution in [1.82, 2.24) is 0 Å². The summed E-state index contributed by atoms with van der Waals surface area (Å²) >= 11 is 0. The van der Waals surface area contributed by atoms with Crippen molar-refractivity contribution >= 4 is 11.6 Å². The molecule has 0 saturated carbocycles. The van der Waals surface area contributed by atoms with Gasteiger partial charge in [0, 0.05) is 5.69 Å². The Morgan fingerprint density at radius 2 is 2.31 bits per heavy atom. The van der Waals surface area contributed by atoms with Crippen LogP contribution in [0.25, 0.3) is 0 Å². The normalized spacial score (nSPS) is 12.0. The minimum Gasteiger partial charge on any atom is -0.496 e. The van der Waals surface area contributed by atoms with Crippen LogP contribution >= 0.6 is 0 Å². The summed E-state index contributed by atoms with van der Waals surface area (Å²) in [7, 11) is 1.59. The molecule has 1 amide bonds. The van der Waals surface area contributed by atoms with E-state index in [9.17, 15) is 4.79 Å². The van der Waals surface area contributed by atoms with Crippen molar-refractivity contribution in [2.45, 2.75) is 13.0 Å². The maximum atomic E-state index is 11.4. The first-order valence-electron chi connectivity index (χ1n) is 4.90. The number of hydrogen-bond acceptors (Lipinski definition) is 4. The van der Waals surface area contributed by atoms with Crippen LogP contribution in [0.1, 0.15) is 5.56 Å². The zero-order valence-corrected chi connectivity index (χ0v) is 9.36. The Morgan fingerprint density at radius 3 is 2.81 bits per heavy atom. The van der Waals surface area contributed by atoms with E-state index in [1.165, 1.54) is 0 Å². The molecule has 1 rings (SSSR count). The maximum Gasteiger partial charge on any atom is 0.243 e. The van der Waals surface area contributed by atoms with Gasteiger partial charge in [0.25, 0.3) is 0 Å². The molecule has 0 aliphatic heterocycles. The van der Waals surface area contributed by atoms with E-state index in [0.717, 1.165) is 11.3 Å². The van der Waals surface area contributed by atoms with Crippen LogP contribution in [-0.4, -0.2) is 30.8 Å². The topological polar surface area (TPSA) is 84.6 Å². The van der Waals surface area contributed by atoms with E-state index >= 15 is 0 Å². The summed E-state index contributed by atoms with van der Waals surface area (Å²) in [5, 5.41) is 11.3. The van der Waals surface area contributed by atoms with Gasteiger partial charge in [0.2, 0.25) is 5.91 Å². The molecule has 0 fully saturated rings. The molecule has 0 aliphatic rings. The quantitative estimate of drug-likeness (QED) is 0.685. The van der Waals surface area contributed by atoms with Gasteiger partial charge in [-0.15, -0.1) is 0 Å². The first-order chi connectivity index (χ1) is 7.58. The summed E-state index contributed by atoms with van der Waals surface area (Å²) in [6.07, 6.45) is 0. The second-order valence-corrected chi connectivity index (χ2v) is 3.46. The number of nitrogens with two attached hydrogens (primary N) is 1. The molecule has 0 radical (unpaired) electrons. The number of aryl methyl sites for hydroxylation is 1. The van der Waals surface area contributed by atoms with Crippen LogP contribution in [0.5, 0.6) is 5.75 Å². The lowest BCUT2D eigenvalue weighted by Gasteiger charge is -2.11. The van der Waals surface area contributed by atoms with Gasteiger partial charge in [0.1, 0.15) is 11.8 Å². The minimum absolute atomic E-state index is 0.374. The monoisotopic (exact) mass is 224 g/mol. The average Bonchev–Trinajstić information content (AvgIpc) is 2.28. The lowest BCUT2D eigenvalue weighted by molar-refractivity contribution is -0.118. The third kappa shape index (κ3) is 2.95. The van der Waals surface area contributed by atoms with Gasteiger partial charge in [0.05, 0.1) is 13.7 Å². The predicted molar refractivity (Wildman–Crippen MR) is 61.4 cm³/mol. The van der Waals surface area contributed by atoms with Gasteiger partial charge in [-0.05, 0) is 30.7 Å². The summed E-state index contributed by atoms with van der Waals surface area (Å²) in [5.41, 5.74) is 6.92. The Morgan fingerprint density at radius 1 is 1.62 bits per heavy atom. The zero-order valence-electron chi connectivity index (χ0n) is 9.36. The molecular weight excluding hydrogens is 208 g/mol. The Labute approximate surface area is 94.2 Å². The number of ether oxygens (including phenoxy) is 1. The van der Waals surface area contributed by atoms with Crippen molar-refractivity contribution in [2.75, 3.05) is 19.0 Å². The average molecular weight is 224 g/mol. The van der Waals surface area contributed by atoms with Crippen molar-refractivity contribution in [3.63, 3.8) is 0 Å². The number of amides is 1. The van der Waals surface area contributed by atoms with Crippen LogP contribution in [0.4, 0.5) is 5.69 Å². The molecule has 5 nitrogen and oxygen atoms in total. The van der Waals surface area contributed by atoms with Crippen molar-refractivity contribution in [2.24, 2.45) is 5.73 Å². The van der Waals surface area contributed by atoms with Gasteiger partial charge in [-0.1, -0.05) is 0 Å². The highest BCUT2D eigenvalue weighted by Gasteiger charge is 2.12. The van der Waals surface area contributed by atoms with Gasteiger partial charge in [0.15, 0.2) is 0 Å². The van der Waals surface area contributed by atoms with Crippen LogP contribution in [0.15, 0.2) is 18.2 Å².